The molecular weight excluding hydrogens is 180 g/mol. The molecule has 0 amide bonds. The number of aryl methyl sites for hydroxylation is 1. The monoisotopic (exact) mass is 194 g/mol. The molecule has 0 saturated heterocycles. The van der Waals surface area contributed by atoms with Crippen molar-refractivity contribution in [3.8, 4) is 0 Å². The Morgan fingerprint density at radius 2 is 2.50 bits per heavy atom. The molecule has 0 fully saturated rings. The Morgan fingerprint density at radius 3 is 3.07 bits per heavy atom. The van der Waals surface area contributed by atoms with Crippen molar-refractivity contribution in [1.82, 2.24) is 9.55 Å². The van der Waals surface area contributed by atoms with E-state index >= 15 is 0 Å². The van der Waals surface area contributed by atoms with Crippen LogP contribution in [0.4, 0.5) is 0 Å². The molecule has 14 heavy (non-hydrogen) atoms. The fourth-order valence-electron chi connectivity index (χ4n) is 1.55. The number of ether oxygens (including phenoxy) is 1. The maximum Gasteiger partial charge on any atom is 0.122 e. The molecule has 4 heteroatoms. The lowest BCUT2D eigenvalue weighted by molar-refractivity contribution is 0.168. The molecule has 0 aliphatic carbocycles. The Labute approximate surface area is 82.8 Å². The highest BCUT2D eigenvalue weighted by atomic mass is 16.5. The van der Waals surface area contributed by atoms with Crippen LogP contribution in [0, 0.1) is 0 Å². The molecule has 0 bridgehead atoms. The van der Waals surface area contributed by atoms with Gasteiger partial charge in [-0.2, -0.15) is 0 Å². The molecule has 1 aromatic rings. The van der Waals surface area contributed by atoms with Gasteiger partial charge in [0.25, 0.3) is 0 Å². The summed E-state index contributed by atoms with van der Waals surface area (Å²) in [5, 5.41) is 9.93. The van der Waals surface area contributed by atoms with Crippen LogP contribution in [0.3, 0.4) is 0 Å². The molecule has 0 saturated carbocycles. The van der Waals surface area contributed by atoms with E-state index in [2.05, 4.69) is 4.98 Å². The Hall–Kier alpha value is -1.29. The van der Waals surface area contributed by atoms with Gasteiger partial charge in [0.2, 0.25) is 0 Å². The van der Waals surface area contributed by atoms with E-state index < -0.39 is 6.10 Å². The molecule has 2 heterocycles. The molecule has 0 aromatic carbocycles. The zero-order chi connectivity index (χ0) is 9.97. The molecule has 1 unspecified atom stereocenters. The lowest BCUT2D eigenvalue weighted by Gasteiger charge is -2.17. The highest BCUT2D eigenvalue weighted by Crippen LogP contribution is 2.25. The summed E-state index contributed by atoms with van der Waals surface area (Å²) in [5.41, 5.74) is 1.60. The van der Waals surface area contributed by atoms with Crippen LogP contribution in [0.1, 0.15) is 24.6 Å². The summed E-state index contributed by atoms with van der Waals surface area (Å²) in [6.45, 7) is 0.748. The van der Waals surface area contributed by atoms with Crippen molar-refractivity contribution >= 4 is 0 Å². The number of hydrogen-bond acceptors (Lipinski definition) is 3. The zero-order valence-electron chi connectivity index (χ0n) is 8.18. The Morgan fingerprint density at radius 1 is 1.64 bits per heavy atom. The third-order valence-corrected chi connectivity index (χ3v) is 2.32. The van der Waals surface area contributed by atoms with E-state index in [9.17, 15) is 5.11 Å². The second-order valence-corrected chi connectivity index (χ2v) is 3.53. The van der Waals surface area contributed by atoms with Crippen LogP contribution in [0.25, 0.3) is 0 Å². The zero-order valence-corrected chi connectivity index (χ0v) is 8.18. The number of hydrogen-bond donors (Lipinski definition) is 1. The van der Waals surface area contributed by atoms with Crippen LogP contribution in [0.5, 0.6) is 0 Å². The lowest BCUT2D eigenvalue weighted by Crippen LogP contribution is -2.08. The van der Waals surface area contributed by atoms with E-state index in [4.69, 9.17) is 4.74 Å². The second kappa shape index (κ2) is 3.84. The Balaban J connectivity index is 2.14. The minimum absolute atomic E-state index is 0.614. The quantitative estimate of drug-likeness (QED) is 0.768. The summed E-state index contributed by atoms with van der Waals surface area (Å²) in [5.74, 6) is 0. The largest absolute Gasteiger partial charge is 0.501 e. The van der Waals surface area contributed by atoms with Gasteiger partial charge in [-0.1, -0.05) is 0 Å². The first-order valence-corrected chi connectivity index (χ1v) is 4.74. The maximum atomic E-state index is 9.93. The SMILES string of the molecule is Cn1cnc(C(O)C2=COCCC2)c1. The number of aromatic nitrogens is 2. The minimum atomic E-state index is -0.614. The summed E-state index contributed by atoms with van der Waals surface area (Å²) in [4.78, 5) is 4.11. The second-order valence-electron chi connectivity index (χ2n) is 3.53. The number of aliphatic hydroxyl groups is 1. The van der Waals surface area contributed by atoms with E-state index in [0.29, 0.717) is 5.69 Å². The van der Waals surface area contributed by atoms with Gasteiger partial charge >= 0.3 is 0 Å². The minimum Gasteiger partial charge on any atom is -0.501 e. The number of imidazole rings is 1. The van der Waals surface area contributed by atoms with Crippen molar-refractivity contribution < 1.29 is 9.84 Å². The van der Waals surface area contributed by atoms with E-state index in [1.165, 1.54) is 0 Å². The molecule has 1 atom stereocenters. The third kappa shape index (κ3) is 1.80. The maximum absolute atomic E-state index is 9.93. The van der Waals surface area contributed by atoms with Gasteiger partial charge in [-0.3, -0.25) is 0 Å². The van der Waals surface area contributed by atoms with Gasteiger partial charge in [0.1, 0.15) is 6.10 Å². The molecular formula is C10H14N2O2. The first-order valence-electron chi connectivity index (χ1n) is 4.74. The standard InChI is InChI=1S/C10H14N2O2/c1-12-5-9(11-7-12)10(13)8-3-2-4-14-6-8/h5-7,10,13H,2-4H2,1H3. The van der Waals surface area contributed by atoms with Crippen LogP contribution in [-0.4, -0.2) is 21.3 Å². The Bertz CT molecular complexity index is 344. The van der Waals surface area contributed by atoms with Gasteiger partial charge in [-0.25, -0.2) is 4.98 Å². The van der Waals surface area contributed by atoms with Gasteiger partial charge in [-0.15, -0.1) is 0 Å². The van der Waals surface area contributed by atoms with Crippen molar-refractivity contribution in [3.63, 3.8) is 0 Å². The summed E-state index contributed by atoms with van der Waals surface area (Å²) in [7, 11) is 1.88. The van der Waals surface area contributed by atoms with E-state index in [0.717, 1.165) is 25.0 Å². The first-order chi connectivity index (χ1) is 6.77. The van der Waals surface area contributed by atoms with E-state index in [-0.39, 0.29) is 0 Å². The van der Waals surface area contributed by atoms with Gasteiger partial charge in [-0.05, 0) is 18.4 Å². The molecule has 76 valence electrons. The number of aliphatic hydroxyl groups excluding tert-OH is 1. The average Bonchev–Trinajstić information content (AvgIpc) is 2.65. The topological polar surface area (TPSA) is 47.3 Å². The molecule has 1 aliphatic heterocycles. The van der Waals surface area contributed by atoms with Crippen molar-refractivity contribution in [2.75, 3.05) is 6.61 Å². The molecule has 0 radical (unpaired) electrons. The van der Waals surface area contributed by atoms with Crippen LogP contribution in [0.15, 0.2) is 24.4 Å². The summed E-state index contributed by atoms with van der Waals surface area (Å²) < 4.78 is 7.00. The predicted octanol–water partition coefficient (Wildman–Crippen LogP) is 1.15. The summed E-state index contributed by atoms with van der Waals surface area (Å²) in [6.07, 6.45) is 6.40. The molecule has 1 aromatic heterocycles. The molecule has 2 rings (SSSR count). The highest BCUT2D eigenvalue weighted by molar-refractivity contribution is 5.17. The average molecular weight is 194 g/mol. The fourth-order valence-corrected chi connectivity index (χ4v) is 1.55. The third-order valence-electron chi connectivity index (χ3n) is 2.32. The van der Waals surface area contributed by atoms with Crippen molar-refractivity contribution in [1.29, 1.82) is 0 Å². The molecule has 1 N–H and O–H groups in total. The number of rotatable bonds is 2. The smallest absolute Gasteiger partial charge is 0.122 e. The normalized spacial score (nSPS) is 18.6. The molecule has 4 nitrogen and oxygen atoms in total. The lowest BCUT2D eigenvalue weighted by atomic mass is 10.0. The number of nitrogens with zero attached hydrogens (tertiary/aromatic N) is 2. The van der Waals surface area contributed by atoms with Crippen molar-refractivity contribution in [3.05, 3.63) is 30.1 Å². The first kappa shape index (κ1) is 9.27. The van der Waals surface area contributed by atoms with Crippen molar-refractivity contribution in [2.24, 2.45) is 7.05 Å². The van der Waals surface area contributed by atoms with E-state index in [1.807, 2.05) is 17.8 Å². The van der Waals surface area contributed by atoms with Crippen LogP contribution >= 0.6 is 0 Å². The van der Waals surface area contributed by atoms with Gasteiger partial charge in [0.15, 0.2) is 0 Å². The van der Waals surface area contributed by atoms with Crippen LogP contribution in [0.2, 0.25) is 0 Å². The Kier molecular flexibility index (Phi) is 2.54. The molecule has 0 spiro atoms. The summed E-state index contributed by atoms with van der Waals surface area (Å²) in [6, 6.07) is 0. The highest BCUT2D eigenvalue weighted by Gasteiger charge is 2.17. The van der Waals surface area contributed by atoms with Crippen molar-refractivity contribution in [2.45, 2.75) is 18.9 Å². The fraction of sp³-hybridized carbons (Fsp3) is 0.500. The van der Waals surface area contributed by atoms with Gasteiger partial charge < -0.3 is 14.4 Å². The van der Waals surface area contributed by atoms with Crippen LogP contribution in [-0.2, 0) is 11.8 Å². The van der Waals surface area contributed by atoms with Crippen LogP contribution < -0.4 is 0 Å². The van der Waals surface area contributed by atoms with Gasteiger partial charge in [0.05, 0.1) is 24.9 Å². The molecule has 1 aliphatic rings. The summed E-state index contributed by atoms with van der Waals surface area (Å²) >= 11 is 0. The van der Waals surface area contributed by atoms with E-state index in [1.54, 1.807) is 12.6 Å². The predicted molar refractivity (Wildman–Crippen MR) is 51.4 cm³/mol. The van der Waals surface area contributed by atoms with Gasteiger partial charge in [0, 0.05) is 13.2 Å².